The summed E-state index contributed by atoms with van der Waals surface area (Å²) in [5.41, 5.74) is 0.788. The molecule has 0 bridgehead atoms. The van der Waals surface area contributed by atoms with Crippen molar-refractivity contribution in [1.82, 2.24) is 10.3 Å². The number of aromatic nitrogens is 1. The molecule has 1 atom stereocenters. The SMILES string of the molecule is Cc1nc(CC(=O)NC[C@H](C)O)cs1. The minimum atomic E-state index is -0.504. The van der Waals surface area contributed by atoms with Gasteiger partial charge in [-0.05, 0) is 13.8 Å². The van der Waals surface area contributed by atoms with Crippen LogP contribution in [-0.2, 0) is 11.2 Å². The van der Waals surface area contributed by atoms with Crippen molar-refractivity contribution < 1.29 is 9.90 Å². The summed E-state index contributed by atoms with van der Waals surface area (Å²) in [6, 6.07) is 0. The zero-order valence-corrected chi connectivity index (χ0v) is 9.10. The van der Waals surface area contributed by atoms with Gasteiger partial charge in [-0.2, -0.15) is 0 Å². The maximum atomic E-state index is 11.3. The number of thiazole rings is 1. The van der Waals surface area contributed by atoms with E-state index in [2.05, 4.69) is 10.3 Å². The highest BCUT2D eigenvalue weighted by Gasteiger charge is 2.06. The van der Waals surface area contributed by atoms with Gasteiger partial charge in [-0.1, -0.05) is 0 Å². The maximum absolute atomic E-state index is 11.3. The quantitative estimate of drug-likeness (QED) is 0.767. The second kappa shape index (κ2) is 5.07. The predicted octanol–water partition coefficient (Wildman–Crippen LogP) is 0.491. The van der Waals surface area contributed by atoms with Crippen molar-refractivity contribution >= 4 is 17.2 Å². The van der Waals surface area contributed by atoms with Gasteiger partial charge in [0, 0.05) is 11.9 Å². The van der Waals surface area contributed by atoms with Gasteiger partial charge in [-0.25, -0.2) is 4.98 Å². The lowest BCUT2D eigenvalue weighted by atomic mass is 10.3. The molecule has 1 amide bonds. The molecule has 4 nitrogen and oxygen atoms in total. The molecule has 2 N–H and O–H groups in total. The standard InChI is InChI=1S/C9H14N2O2S/c1-6(12)4-10-9(13)3-8-5-14-7(2)11-8/h5-6,12H,3-4H2,1-2H3,(H,10,13)/t6-/m0/s1. The van der Waals surface area contributed by atoms with Crippen LogP contribution < -0.4 is 5.32 Å². The fourth-order valence-electron chi connectivity index (χ4n) is 0.978. The molecule has 0 fully saturated rings. The zero-order chi connectivity index (χ0) is 10.6. The van der Waals surface area contributed by atoms with Crippen molar-refractivity contribution in [3.05, 3.63) is 16.1 Å². The number of hydrogen-bond donors (Lipinski definition) is 2. The molecule has 1 aromatic rings. The molecular weight excluding hydrogens is 200 g/mol. The van der Waals surface area contributed by atoms with Crippen LogP contribution in [0.2, 0.25) is 0 Å². The number of nitrogens with one attached hydrogen (secondary N) is 1. The fourth-order valence-corrected chi connectivity index (χ4v) is 1.59. The van der Waals surface area contributed by atoms with Crippen molar-refractivity contribution in [3.8, 4) is 0 Å². The van der Waals surface area contributed by atoms with Gasteiger partial charge in [0.1, 0.15) is 0 Å². The number of amides is 1. The molecule has 0 aliphatic rings. The van der Waals surface area contributed by atoms with E-state index in [0.29, 0.717) is 6.54 Å². The third kappa shape index (κ3) is 3.85. The molecule has 0 aliphatic heterocycles. The minimum absolute atomic E-state index is 0.101. The molecule has 1 heterocycles. The molecule has 1 rings (SSSR count). The largest absolute Gasteiger partial charge is 0.392 e. The summed E-state index contributed by atoms with van der Waals surface area (Å²) in [6.45, 7) is 3.83. The van der Waals surface area contributed by atoms with Gasteiger partial charge in [0.05, 0.1) is 23.2 Å². The Balaban J connectivity index is 2.34. The third-order valence-electron chi connectivity index (χ3n) is 1.60. The van der Waals surface area contributed by atoms with E-state index in [1.807, 2.05) is 12.3 Å². The first-order valence-electron chi connectivity index (χ1n) is 4.43. The molecule has 0 unspecified atom stereocenters. The van der Waals surface area contributed by atoms with Gasteiger partial charge >= 0.3 is 0 Å². The van der Waals surface area contributed by atoms with Gasteiger partial charge in [0.15, 0.2) is 0 Å². The molecule has 0 radical (unpaired) electrons. The summed E-state index contributed by atoms with van der Waals surface area (Å²) in [6.07, 6.45) is -0.215. The maximum Gasteiger partial charge on any atom is 0.226 e. The Labute approximate surface area is 87.0 Å². The second-order valence-electron chi connectivity index (χ2n) is 3.19. The van der Waals surface area contributed by atoms with Crippen LogP contribution in [-0.4, -0.2) is 28.6 Å². The summed E-state index contributed by atoms with van der Waals surface area (Å²) in [4.78, 5) is 15.4. The first-order valence-corrected chi connectivity index (χ1v) is 5.31. The van der Waals surface area contributed by atoms with Crippen molar-refractivity contribution in [2.75, 3.05) is 6.54 Å². The zero-order valence-electron chi connectivity index (χ0n) is 8.28. The van der Waals surface area contributed by atoms with Crippen LogP contribution in [0.3, 0.4) is 0 Å². The first-order chi connectivity index (χ1) is 6.58. The van der Waals surface area contributed by atoms with Gasteiger partial charge in [-0.3, -0.25) is 4.79 Å². The molecule has 5 heteroatoms. The third-order valence-corrected chi connectivity index (χ3v) is 2.43. The van der Waals surface area contributed by atoms with E-state index in [9.17, 15) is 4.79 Å². The van der Waals surface area contributed by atoms with E-state index >= 15 is 0 Å². The second-order valence-corrected chi connectivity index (χ2v) is 4.25. The molecule has 78 valence electrons. The van der Waals surface area contributed by atoms with Gasteiger partial charge in [-0.15, -0.1) is 11.3 Å². The topological polar surface area (TPSA) is 62.2 Å². The molecule has 0 saturated carbocycles. The highest BCUT2D eigenvalue weighted by atomic mass is 32.1. The predicted molar refractivity (Wildman–Crippen MR) is 55.2 cm³/mol. The Bertz CT molecular complexity index is 310. The van der Waals surface area contributed by atoms with Crippen LogP contribution in [0, 0.1) is 6.92 Å². The lowest BCUT2D eigenvalue weighted by molar-refractivity contribution is -0.120. The van der Waals surface area contributed by atoms with Crippen LogP contribution >= 0.6 is 11.3 Å². The van der Waals surface area contributed by atoms with Crippen LogP contribution in [0.1, 0.15) is 17.6 Å². The Morgan fingerprint density at radius 3 is 3.00 bits per heavy atom. The lowest BCUT2D eigenvalue weighted by Gasteiger charge is -2.05. The molecule has 1 aromatic heterocycles. The Morgan fingerprint density at radius 2 is 2.50 bits per heavy atom. The summed E-state index contributed by atoms with van der Waals surface area (Å²) in [5, 5.41) is 14.4. The molecule has 0 spiro atoms. The fraction of sp³-hybridized carbons (Fsp3) is 0.556. The van der Waals surface area contributed by atoms with Crippen molar-refractivity contribution in [2.24, 2.45) is 0 Å². The molecular formula is C9H14N2O2S. The number of aryl methyl sites for hydroxylation is 1. The summed E-state index contributed by atoms with van der Waals surface area (Å²) in [5.74, 6) is -0.101. The van der Waals surface area contributed by atoms with E-state index < -0.39 is 6.10 Å². The highest BCUT2D eigenvalue weighted by Crippen LogP contribution is 2.07. The monoisotopic (exact) mass is 214 g/mol. The minimum Gasteiger partial charge on any atom is -0.392 e. The van der Waals surface area contributed by atoms with Gasteiger partial charge in [0.25, 0.3) is 0 Å². The normalized spacial score (nSPS) is 12.5. The molecule has 14 heavy (non-hydrogen) atoms. The number of hydrogen-bond acceptors (Lipinski definition) is 4. The lowest BCUT2D eigenvalue weighted by Crippen LogP contribution is -2.31. The highest BCUT2D eigenvalue weighted by molar-refractivity contribution is 7.09. The Morgan fingerprint density at radius 1 is 1.79 bits per heavy atom. The van der Waals surface area contributed by atoms with Crippen LogP contribution in [0.25, 0.3) is 0 Å². The first kappa shape index (κ1) is 11.1. The summed E-state index contributed by atoms with van der Waals surface area (Å²) in [7, 11) is 0. The molecule has 0 aliphatic carbocycles. The van der Waals surface area contributed by atoms with E-state index in [0.717, 1.165) is 10.7 Å². The van der Waals surface area contributed by atoms with Crippen molar-refractivity contribution in [1.29, 1.82) is 0 Å². The van der Waals surface area contributed by atoms with Crippen LogP contribution in [0.4, 0.5) is 0 Å². The van der Waals surface area contributed by atoms with Gasteiger partial charge in [0.2, 0.25) is 5.91 Å². The summed E-state index contributed by atoms with van der Waals surface area (Å²) < 4.78 is 0. The number of carbonyl (C=O) groups is 1. The Kier molecular flexibility index (Phi) is 4.03. The Hall–Kier alpha value is -0.940. The van der Waals surface area contributed by atoms with Crippen LogP contribution in [0.15, 0.2) is 5.38 Å². The van der Waals surface area contributed by atoms with E-state index in [4.69, 9.17) is 5.11 Å². The molecule has 0 saturated heterocycles. The van der Waals surface area contributed by atoms with Crippen molar-refractivity contribution in [2.45, 2.75) is 26.4 Å². The smallest absolute Gasteiger partial charge is 0.226 e. The van der Waals surface area contributed by atoms with Gasteiger partial charge < -0.3 is 10.4 Å². The average Bonchev–Trinajstić information content (AvgIpc) is 2.48. The van der Waals surface area contributed by atoms with Crippen molar-refractivity contribution in [3.63, 3.8) is 0 Å². The number of rotatable bonds is 4. The van der Waals surface area contributed by atoms with E-state index in [1.54, 1.807) is 6.92 Å². The van der Waals surface area contributed by atoms with E-state index in [1.165, 1.54) is 11.3 Å². The number of aliphatic hydroxyl groups is 1. The molecule has 0 aromatic carbocycles. The summed E-state index contributed by atoms with van der Waals surface area (Å²) >= 11 is 1.53. The van der Waals surface area contributed by atoms with E-state index in [-0.39, 0.29) is 12.3 Å². The number of carbonyl (C=O) groups excluding carboxylic acids is 1. The van der Waals surface area contributed by atoms with Crippen LogP contribution in [0.5, 0.6) is 0 Å². The average molecular weight is 214 g/mol. The number of aliphatic hydroxyl groups excluding tert-OH is 1. The number of nitrogens with zero attached hydrogens (tertiary/aromatic N) is 1.